The van der Waals surface area contributed by atoms with Gasteiger partial charge in [0.1, 0.15) is 4.88 Å². The summed E-state index contributed by atoms with van der Waals surface area (Å²) >= 11 is 1.06. The summed E-state index contributed by atoms with van der Waals surface area (Å²) in [6.45, 7) is 0. The number of hydrogen-bond donors (Lipinski definition) is 1. The molecule has 6 heteroatoms. The van der Waals surface area contributed by atoms with Gasteiger partial charge in [0.2, 0.25) is 5.91 Å². The van der Waals surface area contributed by atoms with E-state index in [0.717, 1.165) is 28.0 Å². The number of aromatic nitrogens is 1. The number of benzene rings is 2. The van der Waals surface area contributed by atoms with E-state index in [1.54, 1.807) is 6.08 Å². The highest BCUT2D eigenvalue weighted by Crippen LogP contribution is 2.21. The number of methoxy groups -OCH3 is 1. The Morgan fingerprint density at radius 1 is 1.08 bits per heavy atom. The maximum Gasteiger partial charge on any atom is 0.349 e. The largest absolute Gasteiger partial charge is 0.465 e. The van der Waals surface area contributed by atoms with Crippen molar-refractivity contribution in [3.63, 3.8) is 0 Å². The second-order valence-electron chi connectivity index (χ2n) is 5.34. The lowest BCUT2D eigenvalue weighted by Gasteiger charge is -2.02. The highest BCUT2D eigenvalue weighted by atomic mass is 32.1. The van der Waals surface area contributed by atoms with E-state index in [1.807, 2.05) is 54.6 Å². The van der Waals surface area contributed by atoms with Crippen LogP contribution >= 0.6 is 11.3 Å². The lowest BCUT2D eigenvalue weighted by atomic mass is 10.0. The standard InChI is InChI=1S/C20H16N2O3S/c1-25-19(24)17-13-21-20(26-17)22-18(23)11-10-14-6-5-9-16(12-14)15-7-3-2-4-8-15/h2-13H,1H3,(H,21,22,23)/b11-10+. The molecule has 0 aliphatic rings. The van der Waals surface area contributed by atoms with Gasteiger partial charge in [-0.1, -0.05) is 59.9 Å². The molecular weight excluding hydrogens is 348 g/mol. The molecule has 0 unspecified atom stereocenters. The molecule has 0 aliphatic carbocycles. The minimum atomic E-state index is -0.476. The van der Waals surface area contributed by atoms with Crippen LogP contribution in [-0.4, -0.2) is 24.0 Å². The topological polar surface area (TPSA) is 68.3 Å². The van der Waals surface area contributed by atoms with E-state index in [1.165, 1.54) is 19.4 Å². The molecule has 1 heterocycles. The van der Waals surface area contributed by atoms with Crippen LogP contribution in [0, 0.1) is 0 Å². The van der Waals surface area contributed by atoms with Gasteiger partial charge in [0.15, 0.2) is 5.13 Å². The van der Waals surface area contributed by atoms with Crippen molar-refractivity contribution in [2.75, 3.05) is 12.4 Å². The molecular formula is C20H16N2O3S. The van der Waals surface area contributed by atoms with E-state index in [2.05, 4.69) is 15.0 Å². The zero-order valence-corrected chi connectivity index (χ0v) is 14.8. The molecule has 3 rings (SSSR count). The highest BCUT2D eigenvalue weighted by molar-refractivity contribution is 7.17. The van der Waals surface area contributed by atoms with Gasteiger partial charge < -0.3 is 4.74 Å². The maximum atomic E-state index is 12.0. The smallest absolute Gasteiger partial charge is 0.349 e. The predicted molar refractivity (Wildman–Crippen MR) is 103 cm³/mol. The number of nitrogens with zero attached hydrogens (tertiary/aromatic N) is 1. The SMILES string of the molecule is COC(=O)c1cnc(NC(=O)/C=C/c2cccc(-c3ccccc3)c2)s1. The molecule has 0 saturated carbocycles. The van der Waals surface area contributed by atoms with Gasteiger partial charge in [-0.2, -0.15) is 0 Å². The van der Waals surface area contributed by atoms with Crippen LogP contribution < -0.4 is 5.32 Å². The Labute approximate surface area is 155 Å². The number of carbonyl (C=O) groups excluding carboxylic acids is 2. The first kappa shape index (κ1) is 17.6. The number of esters is 1. The number of ether oxygens (including phenoxy) is 1. The number of carbonyl (C=O) groups is 2. The molecule has 0 aliphatic heterocycles. The summed E-state index contributed by atoms with van der Waals surface area (Å²) in [5, 5.41) is 2.98. The zero-order chi connectivity index (χ0) is 18.4. The first-order chi connectivity index (χ1) is 12.7. The molecule has 0 bridgehead atoms. The van der Waals surface area contributed by atoms with Crippen molar-refractivity contribution >= 4 is 34.4 Å². The van der Waals surface area contributed by atoms with E-state index >= 15 is 0 Å². The number of amides is 1. The summed E-state index contributed by atoms with van der Waals surface area (Å²) < 4.78 is 4.61. The molecule has 5 nitrogen and oxygen atoms in total. The number of rotatable bonds is 5. The highest BCUT2D eigenvalue weighted by Gasteiger charge is 2.11. The molecule has 2 aromatic carbocycles. The molecule has 1 N–H and O–H groups in total. The van der Waals surface area contributed by atoms with Gasteiger partial charge in [-0.3, -0.25) is 10.1 Å². The van der Waals surface area contributed by atoms with E-state index in [4.69, 9.17) is 0 Å². The fraction of sp³-hybridized carbons (Fsp3) is 0.0500. The van der Waals surface area contributed by atoms with Crippen molar-refractivity contribution in [2.24, 2.45) is 0 Å². The average molecular weight is 364 g/mol. The van der Waals surface area contributed by atoms with Crippen molar-refractivity contribution in [1.29, 1.82) is 0 Å². The van der Waals surface area contributed by atoms with Crippen LogP contribution in [0.3, 0.4) is 0 Å². The molecule has 3 aromatic rings. The first-order valence-electron chi connectivity index (χ1n) is 7.84. The maximum absolute atomic E-state index is 12.0. The van der Waals surface area contributed by atoms with Gasteiger partial charge in [0.25, 0.3) is 0 Å². The minimum Gasteiger partial charge on any atom is -0.465 e. The van der Waals surface area contributed by atoms with Gasteiger partial charge in [-0.15, -0.1) is 0 Å². The van der Waals surface area contributed by atoms with E-state index in [0.29, 0.717) is 10.0 Å². The summed E-state index contributed by atoms with van der Waals surface area (Å²) in [4.78, 5) is 27.8. The van der Waals surface area contributed by atoms with Crippen molar-refractivity contribution in [3.8, 4) is 11.1 Å². The molecule has 0 fully saturated rings. The molecule has 0 atom stereocenters. The summed E-state index contributed by atoms with van der Waals surface area (Å²) in [6.07, 6.45) is 4.54. The molecule has 0 radical (unpaired) electrons. The zero-order valence-electron chi connectivity index (χ0n) is 14.0. The third kappa shape index (κ3) is 4.43. The first-order valence-corrected chi connectivity index (χ1v) is 8.66. The lowest BCUT2D eigenvalue weighted by Crippen LogP contribution is -2.07. The summed E-state index contributed by atoms with van der Waals surface area (Å²) in [7, 11) is 1.30. The van der Waals surface area contributed by atoms with Crippen LogP contribution in [0.15, 0.2) is 66.9 Å². The van der Waals surface area contributed by atoms with Crippen LogP contribution in [-0.2, 0) is 9.53 Å². The molecule has 0 spiro atoms. The Bertz CT molecular complexity index is 948. The molecule has 1 aromatic heterocycles. The number of hydrogen-bond acceptors (Lipinski definition) is 5. The Balaban J connectivity index is 1.67. The Hall–Kier alpha value is -3.25. The Morgan fingerprint density at radius 3 is 2.62 bits per heavy atom. The van der Waals surface area contributed by atoms with Crippen molar-refractivity contribution in [3.05, 3.63) is 77.3 Å². The van der Waals surface area contributed by atoms with Crippen LogP contribution in [0.5, 0.6) is 0 Å². The Kier molecular flexibility index (Phi) is 5.56. The Morgan fingerprint density at radius 2 is 1.85 bits per heavy atom. The fourth-order valence-corrected chi connectivity index (χ4v) is 3.04. The minimum absolute atomic E-state index is 0.319. The fourth-order valence-electron chi connectivity index (χ4n) is 2.30. The van der Waals surface area contributed by atoms with E-state index < -0.39 is 5.97 Å². The normalized spacial score (nSPS) is 10.7. The second-order valence-corrected chi connectivity index (χ2v) is 6.37. The van der Waals surface area contributed by atoms with Crippen LogP contribution in [0.25, 0.3) is 17.2 Å². The van der Waals surface area contributed by atoms with Gasteiger partial charge in [0, 0.05) is 6.08 Å². The summed E-state index contributed by atoms with van der Waals surface area (Å²) in [5.41, 5.74) is 3.11. The van der Waals surface area contributed by atoms with Crippen molar-refractivity contribution in [2.45, 2.75) is 0 Å². The monoisotopic (exact) mass is 364 g/mol. The van der Waals surface area contributed by atoms with Crippen LogP contribution in [0.4, 0.5) is 5.13 Å². The van der Waals surface area contributed by atoms with Gasteiger partial charge in [-0.25, -0.2) is 9.78 Å². The summed E-state index contributed by atoms with van der Waals surface area (Å²) in [5.74, 6) is -0.794. The van der Waals surface area contributed by atoms with Gasteiger partial charge in [0.05, 0.1) is 13.3 Å². The van der Waals surface area contributed by atoms with Gasteiger partial charge >= 0.3 is 5.97 Å². The van der Waals surface area contributed by atoms with Crippen LogP contribution in [0.2, 0.25) is 0 Å². The average Bonchev–Trinajstić information content (AvgIpc) is 3.15. The molecule has 130 valence electrons. The van der Waals surface area contributed by atoms with Crippen molar-refractivity contribution < 1.29 is 14.3 Å². The molecule has 1 amide bonds. The predicted octanol–water partition coefficient (Wildman–Crippen LogP) is 4.25. The third-order valence-electron chi connectivity index (χ3n) is 3.54. The molecule has 26 heavy (non-hydrogen) atoms. The van der Waals surface area contributed by atoms with Crippen LogP contribution in [0.1, 0.15) is 15.2 Å². The second kappa shape index (κ2) is 8.22. The lowest BCUT2D eigenvalue weighted by molar-refractivity contribution is -0.111. The summed E-state index contributed by atoms with van der Waals surface area (Å²) in [6, 6.07) is 17.9. The molecule has 0 saturated heterocycles. The van der Waals surface area contributed by atoms with Gasteiger partial charge in [-0.05, 0) is 28.8 Å². The number of anilines is 1. The third-order valence-corrected chi connectivity index (χ3v) is 4.44. The quantitative estimate of drug-likeness (QED) is 0.543. The van der Waals surface area contributed by atoms with E-state index in [-0.39, 0.29) is 5.91 Å². The number of nitrogens with one attached hydrogen (secondary N) is 1. The van der Waals surface area contributed by atoms with Crippen molar-refractivity contribution in [1.82, 2.24) is 4.98 Å². The number of thiazole rings is 1. The van der Waals surface area contributed by atoms with E-state index in [9.17, 15) is 9.59 Å².